The van der Waals surface area contributed by atoms with Gasteiger partial charge in [0.1, 0.15) is 5.82 Å². The fraction of sp³-hybridized carbons (Fsp3) is 0.391. The Kier molecular flexibility index (Phi) is 7.63. The van der Waals surface area contributed by atoms with E-state index < -0.39 is 28.0 Å². The smallest absolute Gasteiger partial charge is 0.338 e. The molecule has 2 aromatic rings. The van der Waals surface area contributed by atoms with Crippen LogP contribution in [0.15, 0.2) is 53.4 Å². The van der Waals surface area contributed by atoms with Crippen LogP contribution in [0, 0.1) is 5.82 Å². The molecule has 0 radical (unpaired) electrons. The van der Waals surface area contributed by atoms with Crippen LogP contribution in [0.5, 0.6) is 0 Å². The molecule has 1 N–H and O–H groups in total. The summed E-state index contributed by atoms with van der Waals surface area (Å²) in [5, 5.41) is 2.62. The lowest BCUT2D eigenvalue weighted by Gasteiger charge is -2.32. The molecule has 0 spiro atoms. The Labute approximate surface area is 187 Å². The summed E-state index contributed by atoms with van der Waals surface area (Å²) >= 11 is 0. The molecule has 0 aliphatic carbocycles. The third-order valence-electron chi connectivity index (χ3n) is 5.47. The number of benzene rings is 2. The highest BCUT2D eigenvalue weighted by molar-refractivity contribution is 7.89. The van der Waals surface area contributed by atoms with E-state index in [1.54, 1.807) is 12.1 Å². The molecule has 32 heavy (non-hydrogen) atoms. The van der Waals surface area contributed by atoms with Crippen molar-refractivity contribution >= 4 is 21.9 Å². The monoisotopic (exact) mass is 462 g/mol. The van der Waals surface area contributed by atoms with Gasteiger partial charge in [0.25, 0.3) is 5.91 Å². The number of hydrogen-bond donors (Lipinski definition) is 1. The van der Waals surface area contributed by atoms with Crippen LogP contribution in [0.25, 0.3) is 0 Å². The van der Waals surface area contributed by atoms with Crippen LogP contribution < -0.4 is 5.32 Å². The van der Waals surface area contributed by atoms with Crippen molar-refractivity contribution in [3.63, 3.8) is 0 Å². The molecule has 2 atom stereocenters. The number of piperidine rings is 1. The predicted molar refractivity (Wildman–Crippen MR) is 117 cm³/mol. The van der Waals surface area contributed by atoms with Gasteiger partial charge in [-0.25, -0.2) is 17.6 Å². The second kappa shape index (κ2) is 10.2. The topological polar surface area (TPSA) is 92.8 Å². The summed E-state index contributed by atoms with van der Waals surface area (Å²) in [6.45, 7) is 3.99. The lowest BCUT2D eigenvalue weighted by atomic mass is 10.1. The van der Waals surface area contributed by atoms with Crippen molar-refractivity contribution in [1.82, 2.24) is 9.62 Å². The van der Waals surface area contributed by atoms with E-state index >= 15 is 0 Å². The Hall–Kier alpha value is -2.78. The zero-order valence-corrected chi connectivity index (χ0v) is 18.9. The highest BCUT2D eigenvalue weighted by Gasteiger charge is 2.31. The van der Waals surface area contributed by atoms with E-state index in [4.69, 9.17) is 4.74 Å². The molecular weight excluding hydrogens is 435 g/mol. The van der Waals surface area contributed by atoms with Crippen LogP contribution in [0.1, 0.15) is 49.0 Å². The molecule has 1 saturated heterocycles. The number of esters is 1. The van der Waals surface area contributed by atoms with Crippen LogP contribution in [0.4, 0.5) is 4.39 Å². The summed E-state index contributed by atoms with van der Waals surface area (Å²) in [5.41, 5.74) is 0.854. The third-order valence-corrected chi connectivity index (χ3v) is 7.50. The molecule has 9 heteroatoms. The Bertz CT molecular complexity index is 1050. The first-order valence-corrected chi connectivity index (χ1v) is 12.0. The zero-order chi connectivity index (χ0) is 23.3. The number of nitrogens with one attached hydrogen (secondary N) is 1. The van der Waals surface area contributed by atoms with E-state index in [0.717, 1.165) is 19.3 Å². The second-order valence-corrected chi connectivity index (χ2v) is 9.77. The third kappa shape index (κ3) is 5.72. The fourth-order valence-corrected chi connectivity index (χ4v) is 5.24. The normalized spacial score (nSPS) is 18.0. The highest BCUT2D eigenvalue weighted by atomic mass is 32.2. The van der Waals surface area contributed by atoms with E-state index in [9.17, 15) is 22.4 Å². The highest BCUT2D eigenvalue weighted by Crippen LogP contribution is 2.25. The molecule has 0 bridgehead atoms. The van der Waals surface area contributed by atoms with Gasteiger partial charge in [0.2, 0.25) is 10.0 Å². The van der Waals surface area contributed by atoms with Crippen LogP contribution >= 0.6 is 0 Å². The maximum absolute atomic E-state index is 12.9. The molecule has 0 saturated carbocycles. The zero-order valence-electron chi connectivity index (χ0n) is 18.1. The molecule has 1 aliphatic heterocycles. The lowest BCUT2D eigenvalue weighted by Crippen LogP contribution is -2.41. The number of rotatable bonds is 7. The molecule has 1 amide bonds. The van der Waals surface area contributed by atoms with Gasteiger partial charge < -0.3 is 10.1 Å². The van der Waals surface area contributed by atoms with Gasteiger partial charge in [0.15, 0.2) is 6.10 Å². The molecule has 172 valence electrons. The van der Waals surface area contributed by atoms with Gasteiger partial charge in [0.05, 0.1) is 10.5 Å². The number of amides is 1. The van der Waals surface area contributed by atoms with E-state index in [1.807, 2.05) is 6.92 Å². The van der Waals surface area contributed by atoms with Crippen molar-refractivity contribution in [3.8, 4) is 0 Å². The van der Waals surface area contributed by atoms with Crippen LogP contribution in [-0.2, 0) is 26.1 Å². The van der Waals surface area contributed by atoms with Crippen LogP contribution in [-0.4, -0.2) is 43.3 Å². The summed E-state index contributed by atoms with van der Waals surface area (Å²) in [4.78, 5) is 24.7. The summed E-state index contributed by atoms with van der Waals surface area (Å²) in [7, 11) is -3.63. The van der Waals surface area contributed by atoms with Crippen molar-refractivity contribution in [2.75, 3.05) is 6.54 Å². The Morgan fingerprint density at radius 3 is 2.41 bits per heavy atom. The first kappa shape index (κ1) is 23.9. The van der Waals surface area contributed by atoms with E-state index in [-0.39, 0.29) is 28.9 Å². The summed E-state index contributed by atoms with van der Waals surface area (Å²) < 4.78 is 45.4. The van der Waals surface area contributed by atoms with Gasteiger partial charge in [-0.1, -0.05) is 18.6 Å². The summed E-state index contributed by atoms with van der Waals surface area (Å²) in [6.07, 6.45) is 1.61. The molecule has 2 aromatic carbocycles. The first-order valence-electron chi connectivity index (χ1n) is 10.5. The number of nitrogens with zero attached hydrogens (tertiary/aromatic N) is 1. The minimum Gasteiger partial charge on any atom is -0.449 e. The standard InChI is InChI=1S/C23H27FN2O5S/c1-16-5-3-4-14-26(16)32(29,30)21-12-8-19(9-13-21)23(28)31-17(2)22(27)25-15-18-6-10-20(24)11-7-18/h6-13,16-17H,3-5,14-15H2,1-2H3,(H,25,27). The van der Waals surface area contributed by atoms with Gasteiger partial charge in [-0.15, -0.1) is 0 Å². The van der Waals surface area contributed by atoms with Crippen molar-refractivity contribution in [1.29, 1.82) is 0 Å². The van der Waals surface area contributed by atoms with Crippen LogP contribution in [0.2, 0.25) is 0 Å². The largest absolute Gasteiger partial charge is 0.449 e. The maximum Gasteiger partial charge on any atom is 0.338 e. The van der Waals surface area contributed by atoms with E-state index in [1.165, 1.54) is 47.6 Å². The average Bonchev–Trinajstić information content (AvgIpc) is 2.78. The fourth-order valence-electron chi connectivity index (χ4n) is 3.54. The van der Waals surface area contributed by atoms with Gasteiger partial charge >= 0.3 is 5.97 Å². The average molecular weight is 463 g/mol. The van der Waals surface area contributed by atoms with Gasteiger partial charge in [-0.05, 0) is 68.7 Å². The molecular formula is C23H27FN2O5S. The van der Waals surface area contributed by atoms with Crippen molar-refractivity contribution in [2.45, 2.75) is 56.7 Å². The molecule has 1 fully saturated rings. The lowest BCUT2D eigenvalue weighted by molar-refractivity contribution is -0.129. The molecule has 1 aliphatic rings. The number of sulfonamides is 1. The summed E-state index contributed by atoms with van der Waals surface area (Å²) in [6, 6.07) is 11.1. The molecule has 1 heterocycles. The Morgan fingerprint density at radius 2 is 1.78 bits per heavy atom. The second-order valence-electron chi connectivity index (χ2n) is 7.88. The quantitative estimate of drug-likeness (QED) is 0.638. The number of ether oxygens (including phenoxy) is 1. The van der Waals surface area contributed by atoms with Crippen molar-refractivity contribution in [3.05, 3.63) is 65.5 Å². The molecule has 3 rings (SSSR count). The van der Waals surface area contributed by atoms with Crippen molar-refractivity contribution in [2.24, 2.45) is 0 Å². The SMILES string of the molecule is CC(OC(=O)c1ccc(S(=O)(=O)N2CCCCC2C)cc1)C(=O)NCc1ccc(F)cc1. The maximum atomic E-state index is 12.9. The molecule has 2 unspecified atom stereocenters. The van der Waals surface area contributed by atoms with E-state index in [0.29, 0.717) is 12.1 Å². The van der Waals surface area contributed by atoms with Crippen molar-refractivity contribution < 1.29 is 27.1 Å². The number of halogens is 1. The van der Waals surface area contributed by atoms with Gasteiger partial charge in [-0.3, -0.25) is 4.79 Å². The van der Waals surface area contributed by atoms with Crippen LogP contribution in [0.3, 0.4) is 0 Å². The molecule has 7 nitrogen and oxygen atoms in total. The number of carbonyl (C=O) groups excluding carboxylic acids is 2. The van der Waals surface area contributed by atoms with E-state index in [2.05, 4.69) is 5.32 Å². The first-order chi connectivity index (χ1) is 15.2. The van der Waals surface area contributed by atoms with Gasteiger partial charge in [-0.2, -0.15) is 4.31 Å². The van der Waals surface area contributed by atoms with Gasteiger partial charge in [0, 0.05) is 19.1 Å². The molecule has 0 aromatic heterocycles. The Morgan fingerprint density at radius 1 is 1.12 bits per heavy atom. The predicted octanol–water partition coefficient (Wildman–Crippen LogP) is 3.25. The number of hydrogen-bond acceptors (Lipinski definition) is 5. The minimum absolute atomic E-state index is 0.0623. The summed E-state index contributed by atoms with van der Waals surface area (Å²) in [5.74, 6) is -1.60. The minimum atomic E-state index is -3.63. The number of carbonyl (C=O) groups is 2. The Balaban J connectivity index is 1.57.